The van der Waals surface area contributed by atoms with Crippen molar-refractivity contribution in [2.24, 2.45) is 7.05 Å². The number of ketones is 1. The van der Waals surface area contributed by atoms with Crippen molar-refractivity contribution in [2.45, 2.75) is 33.7 Å². The molecule has 0 radical (unpaired) electrons. The van der Waals surface area contributed by atoms with E-state index < -0.39 is 11.2 Å². The van der Waals surface area contributed by atoms with Gasteiger partial charge in [-0.2, -0.15) is 0 Å². The summed E-state index contributed by atoms with van der Waals surface area (Å²) < 4.78 is 2.45. The molecule has 7 nitrogen and oxygen atoms in total. The first-order chi connectivity index (χ1) is 13.4. The number of anilines is 2. The number of hydrogen-bond donors (Lipinski definition) is 1. The van der Waals surface area contributed by atoms with Crippen molar-refractivity contribution in [1.29, 1.82) is 0 Å². The Kier molecular flexibility index (Phi) is 5.53. The second-order valence-electron chi connectivity index (χ2n) is 6.80. The fourth-order valence-electron chi connectivity index (χ4n) is 3.49. The molecule has 1 aromatic heterocycles. The van der Waals surface area contributed by atoms with Crippen molar-refractivity contribution in [3.05, 3.63) is 61.9 Å². The maximum atomic E-state index is 12.8. The largest absolute Gasteiger partial charge is 0.372 e. The van der Waals surface area contributed by atoms with Gasteiger partial charge < -0.3 is 10.2 Å². The predicted octanol–water partition coefficient (Wildman–Crippen LogP) is 2.45. The number of nitrogens with one attached hydrogen (secondary N) is 1. The highest BCUT2D eigenvalue weighted by atomic mass is 16.2. The van der Waals surface area contributed by atoms with Crippen LogP contribution in [0.1, 0.15) is 43.1 Å². The average molecular weight is 382 g/mol. The maximum Gasteiger partial charge on any atom is 0.332 e. The number of benzene rings is 1. The van der Waals surface area contributed by atoms with Crippen LogP contribution >= 0.6 is 0 Å². The Morgan fingerprint density at radius 1 is 1.04 bits per heavy atom. The van der Waals surface area contributed by atoms with Gasteiger partial charge in [0.05, 0.1) is 5.70 Å². The molecule has 3 rings (SSSR count). The van der Waals surface area contributed by atoms with Gasteiger partial charge in [-0.25, -0.2) is 4.79 Å². The molecule has 0 fully saturated rings. The van der Waals surface area contributed by atoms with Crippen LogP contribution in [0, 0.1) is 0 Å². The number of allylic oxidation sites excluding steroid dienone is 1. The molecule has 2 aromatic rings. The molecule has 2 heterocycles. The lowest BCUT2D eigenvalue weighted by molar-refractivity contribution is 0.104. The van der Waals surface area contributed by atoms with Crippen molar-refractivity contribution in [3.63, 3.8) is 0 Å². The van der Waals surface area contributed by atoms with E-state index in [1.54, 1.807) is 6.08 Å². The van der Waals surface area contributed by atoms with E-state index in [2.05, 4.69) is 24.1 Å². The Morgan fingerprint density at radius 3 is 2.25 bits per heavy atom. The van der Waals surface area contributed by atoms with Crippen LogP contribution in [-0.4, -0.2) is 28.0 Å². The fraction of sp³-hybridized carbons (Fsp3) is 0.381. The van der Waals surface area contributed by atoms with Gasteiger partial charge in [0.25, 0.3) is 5.56 Å². The minimum Gasteiger partial charge on any atom is -0.372 e. The minimum absolute atomic E-state index is 0.0292. The number of fused-ring (bicyclic) bond motifs is 1. The summed E-state index contributed by atoms with van der Waals surface area (Å²) in [6.45, 7) is 8.42. The SMILES string of the molecule is CCCn1c2c(c(=O)n(C)c1=O)C(=O)/C(=C\c1ccc(N(CC)CC)cc1)N2. The molecule has 0 saturated heterocycles. The molecule has 0 unspecified atom stereocenters. The van der Waals surface area contributed by atoms with Crippen LogP contribution in [0.3, 0.4) is 0 Å². The molecule has 0 amide bonds. The molecule has 1 N–H and O–H groups in total. The van der Waals surface area contributed by atoms with E-state index in [1.807, 2.05) is 31.2 Å². The third-order valence-corrected chi connectivity index (χ3v) is 5.05. The topological polar surface area (TPSA) is 76.3 Å². The summed E-state index contributed by atoms with van der Waals surface area (Å²) in [7, 11) is 1.40. The third-order valence-electron chi connectivity index (χ3n) is 5.05. The smallest absolute Gasteiger partial charge is 0.332 e. The fourth-order valence-corrected chi connectivity index (χ4v) is 3.49. The zero-order valence-corrected chi connectivity index (χ0v) is 16.8. The van der Waals surface area contributed by atoms with Gasteiger partial charge in [0.1, 0.15) is 11.4 Å². The van der Waals surface area contributed by atoms with Crippen molar-refractivity contribution < 1.29 is 4.79 Å². The van der Waals surface area contributed by atoms with Crippen molar-refractivity contribution in [1.82, 2.24) is 9.13 Å². The Hall–Kier alpha value is -3.09. The number of rotatable bonds is 6. The van der Waals surface area contributed by atoms with E-state index in [4.69, 9.17) is 0 Å². The van der Waals surface area contributed by atoms with E-state index in [0.29, 0.717) is 24.5 Å². The number of nitrogens with zero attached hydrogens (tertiary/aromatic N) is 3. The van der Waals surface area contributed by atoms with Crippen molar-refractivity contribution in [2.75, 3.05) is 23.3 Å². The van der Waals surface area contributed by atoms with Gasteiger partial charge in [-0.3, -0.25) is 18.7 Å². The summed E-state index contributed by atoms with van der Waals surface area (Å²) in [6, 6.07) is 7.90. The normalized spacial score (nSPS) is 14.3. The number of hydrogen-bond acceptors (Lipinski definition) is 5. The molecular formula is C21H26N4O3. The van der Waals surface area contributed by atoms with Crippen molar-refractivity contribution in [3.8, 4) is 0 Å². The van der Waals surface area contributed by atoms with Crippen molar-refractivity contribution >= 4 is 23.4 Å². The molecule has 0 atom stereocenters. The van der Waals surface area contributed by atoms with Crippen LogP contribution in [0.5, 0.6) is 0 Å². The number of Topliss-reactive ketones (excluding diaryl/α,β-unsaturated/α-hetero) is 1. The highest BCUT2D eigenvalue weighted by molar-refractivity contribution is 6.19. The molecule has 0 saturated carbocycles. The van der Waals surface area contributed by atoms with Crippen LogP contribution in [0.4, 0.5) is 11.5 Å². The summed E-state index contributed by atoms with van der Waals surface area (Å²) in [5, 5.41) is 3.01. The molecule has 1 aliphatic heterocycles. The zero-order chi connectivity index (χ0) is 20.4. The van der Waals surface area contributed by atoms with Crippen LogP contribution in [-0.2, 0) is 13.6 Å². The maximum absolute atomic E-state index is 12.8. The highest BCUT2D eigenvalue weighted by Crippen LogP contribution is 2.26. The second-order valence-corrected chi connectivity index (χ2v) is 6.80. The van der Waals surface area contributed by atoms with Crippen LogP contribution in [0.25, 0.3) is 6.08 Å². The van der Waals surface area contributed by atoms with Gasteiger partial charge in [-0.05, 0) is 44.0 Å². The van der Waals surface area contributed by atoms with E-state index in [0.717, 1.165) is 28.9 Å². The predicted molar refractivity (Wildman–Crippen MR) is 112 cm³/mol. The van der Waals surface area contributed by atoms with E-state index in [9.17, 15) is 14.4 Å². The Balaban J connectivity index is 2.00. The summed E-state index contributed by atoms with van der Waals surface area (Å²) in [4.78, 5) is 40.0. The lowest BCUT2D eigenvalue weighted by Crippen LogP contribution is -2.40. The number of carbonyl (C=O) groups is 1. The van der Waals surface area contributed by atoms with Gasteiger partial charge in [-0.1, -0.05) is 19.1 Å². The lowest BCUT2D eigenvalue weighted by atomic mass is 10.1. The summed E-state index contributed by atoms with van der Waals surface area (Å²) in [5.41, 5.74) is 1.31. The molecule has 28 heavy (non-hydrogen) atoms. The monoisotopic (exact) mass is 382 g/mol. The van der Waals surface area contributed by atoms with Crippen LogP contribution < -0.4 is 21.5 Å². The summed E-state index contributed by atoms with van der Waals surface area (Å²) in [5.74, 6) is -0.0840. The average Bonchev–Trinajstić information content (AvgIpc) is 3.02. The van der Waals surface area contributed by atoms with Gasteiger partial charge in [0.15, 0.2) is 0 Å². The molecule has 1 aromatic carbocycles. The Morgan fingerprint density at radius 2 is 1.68 bits per heavy atom. The number of aromatic nitrogens is 2. The Labute approximate surface area is 163 Å². The van der Waals surface area contributed by atoms with E-state index in [1.165, 1.54) is 11.6 Å². The molecule has 0 spiro atoms. The van der Waals surface area contributed by atoms with Crippen LogP contribution in [0.15, 0.2) is 39.6 Å². The second kappa shape index (κ2) is 7.88. The first kappa shape index (κ1) is 19.7. The van der Waals surface area contributed by atoms with E-state index in [-0.39, 0.29) is 11.3 Å². The van der Waals surface area contributed by atoms with E-state index >= 15 is 0 Å². The van der Waals surface area contributed by atoms with Gasteiger partial charge in [-0.15, -0.1) is 0 Å². The summed E-state index contributed by atoms with van der Waals surface area (Å²) >= 11 is 0. The van der Waals surface area contributed by atoms with Gasteiger partial charge >= 0.3 is 5.69 Å². The molecule has 7 heteroatoms. The number of carbonyl (C=O) groups excluding carboxylic acids is 1. The third kappa shape index (κ3) is 3.28. The van der Waals surface area contributed by atoms with Gasteiger partial charge in [0.2, 0.25) is 5.78 Å². The molecule has 148 valence electrons. The lowest BCUT2D eigenvalue weighted by Gasteiger charge is -2.20. The molecule has 0 bridgehead atoms. The minimum atomic E-state index is -0.565. The molecule has 0 aliphatic carbocycles. The summed E-state index contributed by atoms with van der Waals surface area (Å²) in [6.07, 6.45) is 2.43. The Bertz CT molecular complexity index is 1040. The molecule has 1 aliphatic rings. The zero-order valence-electron chi connectivity index (χ0n) is 16.8. The molecular weight excluding hydrogens is 356 g/mol. The first-order valence-corrected chi connectivity index (χ1v) is 9.65. The van der Waals surface area contributed by atoms with Crippen LogP contribution in [0.2, 0.25) is 0 Å². The van der Waals surface area contributed by atoms with Gasteiger partial charge in [0, 0.05) is 32.4 Å². The standard InChI is InChI=1S/C21H26N4O3/c1-5-12-25-19-17(20(27)23(4)21(25)28)18(26)16(22-19)13-14-8-10-15(11-9-14)24(6-2)7-3/h8-11,13,22H,5-7,12H2,1-4H3/b16-13+. The quantitative estimate of drug-likeness (QED) is 0.777. The highest BCUT2D eigenvalue weighted by Gasteiger charge is 2.32. The first-order valence-electron chi connectivity index (χ1n) is 9.65.